The second-order valence-corrected chi connectivity index (χ2v) is 4.71. The third-order valence-electron chi connectivity index (χ3n) is 2.55. The molecule has 2 heterocycles. The van der Waals surface area contributed by atoms with E-state index < -0.39 is 0 Å². The van der Waals surface area contributed by atoms with Gasteiger partial charge in [0.1, 0.15) is 6.10 Å². The molecule has 1 aliphatic rings. The average Bonchev–Trinajstić information content (AvgIpc) is 2.68. The summed E-state index contributed by atoms with van der Waals surface area (Å²) in [5.41, 5.74) is 0.725. The number of hydrogen-bond donors (Lipinski definition) is 1. The number of aromatic nitrogens is 1. The maximum absolute atomic E-state index is 11.8. The minimum Gasteiger partial charge on any atom is -0.365 e. The molecule has 0 spiro atoms. The molecule has 0 aliphatic carbocycles. The van der Waals surface area contributed by atoms with Crippen LogP contribution in [0.3, 0.4) is 0 Å². The molecule has 0 radical (unpaired) electrons. The van der Waals surface area contributed by atoms with Crippen molar-refractivity contribution in [3.63, 3.8) is 0 Å². The minimum absolute atomic E-state index is 0.0868. The van der Waals surface area contributed by atoms with Gasteiger partial charge in [-0.1, -0.05) is 0 Å². The number of pyridine rings is 1. The zero-order valence-electron chi connectivity index (χ0n) is 8.94. The molecule has 1 saturated heterocycles. The molecule has 1 aromatic rings. The summed E-state index contributed by atoms with van der Waals surface area (Å²) in [5.74, 6) is -0.0868. The molecule has 1 aliphatic heterocycles. The Morgan fingerprint density at radius 1 is 1.62 bits per heavy atom. The lowest BCUT2D eigenvalue weighted by Gasteiger charge is -2.12. The van der Waals surface area contributed by atoms with E-state index in [0.29, 0.717) is 0 Å². The van der Waals surface area contributed by atoms with Crippen molar-refractivity contribution < 1.29 is 9.53 Å². The molecule has 2 rings (SSSR count). The Bertz CT molecular complexity index is 397. The number of nitrogens with zero attached hydrogens (tertiary/aromatic N) is 1. The van der Waals surface area contributed by atoms with Gasteiger partial charge in [-0.3, -0.25) is 9.78 Å². The van der Waals surface area contributed by atoms with Crippen molar-refractivity contribution in [1.29, 1.82) is 0 Å². The second kappa shape index (κ2) is 4.93. The monoisotopic (exact) mass is 284 g/mol. The fraction of sp³-hybridized carbons (Fsp3) is 0.455. The number of amides is 1. The van der Waals surface area contributed by atoms with Gasteiger partial charge >= 0.3 is 0 Å². The van der Waals surface area contributed by atoms with Gasteiger partial charge in [0.15, 0.2) is 0 Å². The Balaban J connectivity index is 2.00. The van der Waals surface area contributed by atoms with E-state index in [-0.39, 0.29) is 18.1 Å². The van der Waals surface area contributed by atoms with E-state index in [1.807, 2.05) is 6.92 Å². The lowest BCUT2D eigenvalue weighted by Crippen LogP contribution is -2.27. The predicted molar refractivity (Wildman–Crippen MR) is 64.1 cm³/mol. The van der Waals surface area contributed by atoms with Gasteiger partial charge in [0, 0.05) is 12.4 Å². The van der Waals surface area contributed by atoms with E-state index in [4.69, 9.17) is 4.74 Å². The van der Waals surface area contributed by atoms with Crippen molar-refractivity contribution in [3.05, 3.63) is 22.9 Å². The van der Waals surface area contributed by atoms with Crippen molar-refractivity contribution in [2.45, 2.75) is 32.0 Å². The molecule has 1 amide bonds. The van der Waals surface area contributed by atoms with Crippen molar-refractivity contribution in [2.75, 3.05) is 5.32 Å². The van der Waals surface area contributed by atoms with Crippen LogP contribution in [0, 0.1) is 0 Å². The molecule has 4 nitrogen and oxygen atoms in total. The van der Waals surface area contributed by atoms with Crippen LogP contribution < -0.4 is 5.32 Å². The third kappa shape index (κ3) is 2.59. The SMILES string of the molecule is CC1CCC(C(=O)Nc2ccncc2Br)O1. The van der Waals surface area contributed by atoms with Crippen LogP contribution in [0.5, 0.6) is 0 Å². The first-order valence-corrected chi connectivity index (χ1v) is 6.02. The van der Waals surface area contributed by atoms with Gasteiger partial charge in [-0.2, -0.15) is 0 Å². The first kappa shape index (κ1) is 11.5. The number of carbonyl (C=O) groups is 1. The summed E-state index contributed by atoms with van der Waals surface area (Å²) in [7, 11) is 0. The normalized spacial score (nSPS) is 24.4. The number of hydrogen-bond acceptors (Lipinski definition) is 3. The highest BCUT2D eigenvalue weighted by Crippen LogP contribution is 2.23. The number of rotatable bonds is 2. The predicted octanol–water partition coefficient (Wildman–Crippen LogP) is 2.35. The van der Waals surface area contributed by atoms with E-state index >= 15 is 0 Å². The van der Waals surface area contributed by atoms with Gasteiger partial charge < -0.3 is 10.1 Å². The fourth-order valence-corrected chi connectivity index (χ4v) is 2.03. The third-order valence-corrected chi connectivity index (χ3v) is 3.19. The van der Waals surface area contributed by atoms with Crippen molar-refractivity contribution in [2.24, 2.45) is 0 Å². The maximum atomic E-state index is 11.8. The Hall–Kier alpha value is -0.940. The Kier molecular flexibility index (Phi) is 3.56. The summed E-state index contributed by atoms with van der Waals surface area (Å²) in [6.45, 7) is 1.98. The smallest absolute Gasteiger partial charge is 0.253 e. The molecule has 1 N–H and O–H groups in total. The van der Waals surface area contributed by atoms with Gasteiger partial charge in [-0.05, 0) is 41.8 Å². The first-order chi connectivity index (χ1) is 7.66. The van der Waals surface area contributed by atoms with Crippen LogP contribution in [0.1, 0.15) is 19.8 Å². The van der Waals surface area contributed by atoms with Crippen LogP contribution in [0.25, 0.3) is 0 Å². The maximum Gasteiger partial charge on any atom is 0.253 e. The number of ether oxygens (including phenoxy) is 1. The zero-order chi connectivity index (χ0) is 11.5. The number of anilines is 1. The van der Waals surface area contributed by atoms with Crippen LogP contribution in [-0.4, -0.2) is 23.1 Å². The van der Waals surface area contributed by atoms with Crippen molar-refractivity contribution in [1.82, 2.24) is 4.98 Å². The van der Waals surface area contributed by atoms with Crippen LogP contribution in [0.4, 0.5) is 5.69 Å². The second-order valence-electron chi connectivity index (χ2n) is 3.86. The van der Waals surface area contributed by atoms with Gasteiger partial charge in [-0.25, -0.2) is 0 Å². The molecule has 2 unspecified atom stereocenters. The van der Waals surface area contributed by atoms with Gasteiger partial charge in [-0.15, -0.1) is 0 Å². The quantitative estimate of drug-likeness (QED) is 0.907. The molecule has 5 heteroatoms. The summed E-state index contributed by atoms with van der Waals surface area (Å²) < 4.78 is 6.26. The van der Waals surface area contributed by atoms with Gasteiger partial charge in [0.25, 0.3) is 5.91 Å². The highest BCUT2D eigenvalue weighted by Gasteiger charge is 2.28. The van der Waals surface area contributed by atoms with E-state index in [1.54, 1.807) is 18.5 Å². The lowest BCUT2D eigenvalue weighted by atomic mass is 10.2. The fourth-order valence-electron chi connectivity index (χ4n) is 1.69. The minimum atomic E-state index is -0.324. The molecule has 0 aromatic carbocycles. The van der Waals surface area contributed by atoms with E-state index in [2.05, 4.69) is 26.2 Å². The van der Waals surface area contributed by atoms with E-state index in [9.17, 15) is 4.79 Å². The van der Waals surface area contributed by atoms with Crippen LogP contribution in [0.2, 0.25) is 0 Å². The molecule has 16 heavy (non-hydrogen) atoms. The summed E-state index contributed by atoms with van der Waals surface area (Å²) >= 11 is 3.33. The largest absolute Gasteiger partial charge is 0.365 e. The number of halogens is 1. The molecular weight excluding hydrogens is 272 g/mol. The van der Waals surface area contributed by atoms with Gasteiger partial charge in [0.05, 0.1) is 16.3 Å². The summed E-state index contributed by atoms with van der Waals surface area (Å²) in [4.78, 5) is 15.8. The molecule has 1 aromatic heterocycles. The summed E-state index contributed by atoms with van der Waals surface area (Å²) in [6, 6.07) is 1.75. The van der Waals surface area contributed by atoms with Crippen molar-refractivity contribution >= 4 is 27.5 Å². The Labute approximate surface area is 103 Å². The molecule has 86 valence electrons. The van der Waals surface area contributed by atoms with Crippen LogP contribution in [-0.2, 0) is 9.53 Å². The molecular formula is C11H13BrN2O2. The van der Waals surface area contributed by atoms with E-state index in [1.165, 1.54) is 0 Å². The van der Waals surface area contributed by atoms with Crippen molar-refractivity contribution in [3.8, 4) is 0 Å². The number of carbonyl (C=O) groups excluding carboxylic acids is 1. The highest BCUT2D eigenvalue weighted by atomic mass is 79.9. The molecule has 0 bridgehead atoms. The lowest BCUT2D eigenvalue weighted by molar-refractivity contribution is -0.126. The standard InChI is InChI=1S/C11H13BrN2O2/c1-7-2-3-10(16-7)11(15)14-9-4-5-13-6-8(9)12/h4-7,10H,2-3H2,1H3,(H,13,14,15). The molecule has 2 atom stereocenters. The Morgan fingerprint density at radius 2 is 2.44 bits per heavy atom. The number of nitrogens with one attached hydrogen (secondary N) is 1. The molecule has 1 fully saturated rings. The topological polar surface area (TPSA) is 51.2 Å². The first-order valence-electron chi connectivity index (χ1n) is 5.22. The highest BCUT2D eigenvalue weighted by molar-refractivity contribution is 9.10. The molecule has 0 saturated carbocycles. The van der Waals surface area contributed by atoms with Crippen LogP contribution >= 0.6 is 15.9 Å². The van der Waals surface area contributed by atoms with Crippen LogP contribution in [0.15, 0.2) is 22.9 Å². The summed E-state index contributed by atoms with van der Waals surface area (Å²) in [5, 5.41) is 2.82. The summed E-state index contributed by atoms with van der Waals surface area (Å²) in [6.07, 6.45) is 4.86. The van der Waals surface area contributed by atoms with E-state index in [0.717, 1.165) is 23.0 Å². The zero-order valence-corrected chi connectivity index (χ0v) is 10.5. The Morgan fingerprint density at radius 3 is 3.06 bits per heavy atom. The van der Waals surface area contributed by atoms with Gasteiger partial charge in [0.2, 0.25) is 0 Å². The average molecular weight is 285 g/mol.